The molecule has 0 heterocycles. The molecule has 0 aromatic heterocycles. The van der Waals surface area contributed by atoms with E-state index >= 15 is 0 Å². The summed E-state index contributed by atoms with van der Waals surface area (Å²) in [6, 6.07) is 0. The molecule has 0 aromatic rings. The van der Waals surface area contributed by atoms with E-state index in [2.05, 4.69) is 11.9 Å². The quantitative estimate of drug-likeness (QED) is 0.284. The van der Waals surface area contributed by atoms with Gasteiger partial charge < -0.3 is 19.5 Å². The summed E-state index contributed by atoms with van der Waals surface area (Å²) in [5, 5.41) is 2.47. The van der Waals surface area contributed by atoms with Crippen LogP contribution in [0.4, 0.5) is 4.79 Å². The lowest BCUT2D eigenvalue weighted by Gasteiger charge is -2.19. The van der Waals surface area contributed by atoms with E-state index in [9.17, 15) is 14.4 Å². The molecule has 138 valence electrons. The van der Waals surface area contributed by atoms with Crippen LogP contribution in [0.1, 0.15) is 53.4 Å². The summed E-state index contributed by atoms with van der Waals surface area (Å²) in [4.78, 5) is 33.9. The monoisotopic (exact) mass is 343 g/mol. The molecule has 0 spiro atoms. The summed E-state index contributed by atoms with van der Waals surface area (Å²) in [5.74, 6) is -0.708. The summed E-state index contributed by atoms with van der Waals surface area (Å²) >= 11 is 0. The van der Waals surface area contributed by atoms with Gasteiger partial charge in [0, 0.05) is 12.0 Å². The molecule has 0 bridgehead atoms. The molecule has 7 heteroatoms. The minimum Gasteiger partial charge on any atom is -0.460 e. The minimum absolute atomic E-state index is 0.0662. The normalized spacial score (nSPS) is 10.7. The molecule has 24 heavy (non-hydrogen) atoms. The zero-order valence-electron chi connectivity index (χ0n) is 15.1. The van der Waals surface area contributed by atoms with Gasteiger partial charge in [-0.2, -0.15) is 0 Å². The number of carbonyl (C=O) groups is 3. The summed E-state index contributed by atoms with van der Waals surface area (Å²) in [5.41, 5.74) is -0.152. The van der Waals surface area contributed by atoms with Gasteiger partial charge in [0.2, 0.25) is 0 Å². The summed E-state index contributed by atoms with van der Waals surface area (Å²) in [7, 11) is 0. The largest absolute Gasteiger partial charge is 0.460 e. The van der Waals surface area contributed by atoms with Gasteiger partial charge in [-0.15, -0.1) is 0 Å². The first-order chi connectivity index (χ1) is 11.1. The van der Waals surface area contributed by atoms with Gasteiger partial charge in [0.15, 0.2) is 0 Å². The van der Waals surface area contributed by atoms with Crippen molar-refractivity contribution < 1.29 is 28.6 Å². The average Bonchev–Trinajstić information content (AvgIpc) is 2.44. The second-order valence-corrected chi connectivity index (χ2v) is 6.38. The fraction of sp³-hybridized carbons (Fsp3) is 0.706. The number of hydrogen-bond donors (Lipinski definition) is 1. The lowest BCUT2D eigenvalue weighted by Crippen LogP contribution is -2.29. The van der Waals surface area contributed by atoms with Crippen molar-refractivity contribution >= 4 is 18.0 Å². The van der Waals surface area contributed by atoms with Gasteiger partial charge in [-0.25, -0.2) is 9.59 Å². The fourth-order valence-corrected chi connectivity index (χ4v) is 1.58. The van der Waals surface area contributed by atoms with E-state index in [0.717, 1.165) is 6.42 Å². The van der Waals surface area contributed by atoms with E-state index < -0.39 is 17.7 Å². The Labute approximate surface area is 143 Å². The topological polar surface area (TPSA) is 90.9 Å². The van der Waals surface area contributed by atoms with Gasteiger partial charge in [-0.05, 0) is 47.0 Å². The van der Waals surface area contributed by atoms with E-state index in [1.54, 1.807) is 6.92 Å². The number of unbranched alkanes of at least 4 members (excludes halogenated alkanes) is 2. The SMILES string of the molecule is C=C(C)C(=O)OCCNC(=O)OCCCCCC(=O)OC(C)(C)C. The van der Waals surface area contributed by atoms with Crippen LogP contribution in [0.5, 0.6) is 0 Å². The molecule has 0 aromatic carbocycles. The van der Waals surface area contributed by atoms with Crippen LogP contribution >= 0.6 is 0 Å². The van der Waals surface area contributed by atoms with Crippen LogP contribution in [0.2, 0.25) is 0 Å². The third kappa shape index (κ3) is 13.6. The van der Waals surface area contributed by atoms with Crippen molar-refractivity contribution in [3.8, 4) is 0 Å². The maximum Gasteiger partial charge on any atom is 0.407 e. The highest BCUT2D eigenvalue weighted by Crippen LogP contribution is 2.10. The van der Waals surface area contributed by atoms with E-state index in [1.807, 2.05) is 20.8 Å². The van der Waals surface area contributed by atoms with Gasteiger partial charge >= 0.3 is 18.0 Å². The smallest absolute Gasteiger partial charge is 0.407 e. The number of nitrogens with one attached hydrogen (secondary N) is 1. The predicted octanol–water partition coefficient (Wildman–Crippen LogP) is 2.73. The van der Waals surface area contributed by atoms with Crippen molar-refractivity contribution in [1.29, 1.82) is 0 Å². The molecule has 0 fully saturated rings. The molecule has 7 nitrogen and oxygen atoms in total. The maximum atomic E-state index is 11.5. The van der Waals surface area contributed by atoms with Crippen molar-refractivity contribution in [3.05, 3.63) is 12.2 Å². The van der Waals surface area contributed by atoms with Crippen LogP contribution in [0, 0.1) is 0 Å². The minimum atomic E-state index is -0.562. The average molecular weight is 343 g/mol. The predicted molar refractivity (Wildman–Crippen MR) is 89.4 cm³/mol. The van der Waals surface area contributed by atoms with Crippen LogP contribution in [0.25, 0.3) is 0 Å². The summed E-state index contributed by atoms with van der Waals surface area (Å²) in [6.07, 6.45) is 1.92. The van der Waals surface area contributed by atoms with E-state index in [1.165, 1.54) is 0 Å². The molecule has 0 aliphatic carbocycles. The van der Waals surface area contributed by atoms with Crippen LogP contribution in [0.15, 0.2) is 12.2 Å². The Morgan fingerprint density at radius 2 is 1.67 bits per heavy atom. The first-order valence-corrected chi connectivity index (χ1v) is 8.07. The fourth-order valence-electron chi connectivity index (χ4n) is 1.58. The molecule has 0 radical (unpaired) electrons. The van der Waals surface area contributed by atoms with Gasteiger partial charge in [-0.3, -0.25) is 4.79 Å². The summed E-state index contributed by atoms with van der Waals surface area (Å²) < 4.78 is 15.0. The number of ether oxygens (including phenoxy) is 3. The van der Waals surface area contributed by atoms with Gasteiger partial charge in [0.05, 0.1) is 13.2 Å². The Balaban J connectivity index is 3.51. The highest BCUT2D eigenvalue weighted by molar-refractivity contribution is 5.86. The third-order valence-electron chi connectivity index (χ3n) is 2.63. The molecular weight excluding hydrogens is 314 g/mol. The molecule has 0 saturated carbocycles. The van der Waals surface area contributed by atoms with Crippen LogP contribution in [-0.2, 0) is 23.8 Å². The Hall–Kier alpha value is -2.05. The van der Waals surface area contributed by atoms with E-state index in [0.29, 0.717) is 24.8 Å². The molecule has 0 saturated heterocycles. The second-order valence-electron chi connectivity index (χ2n) is 6.38. The lowest BCUT2D eigenvalue weighted by atomic mass is 10.1. The Morgan fingerprint density at radius 1 is 1.00 bits per heavy atom. The Kier molecular flexibility index (Phi) is 10.5. The second kappa shape index (κ2) is 11.5. The molecule has 0 aliphatic rings. The van der Waals surface area contributed by atoms with Gasteiger partial charge in [0.25, 0.3) is 0 Å². The first kappa shape index (κ1) is 21.9. The van der Waals surface area contributed by atoms with Crippen molar-refractivity contribution in [2.24, 2.45) is 0 Å². The number of esters is 2. The molecular formula is C17H29NO6. The lowest BCUT2D eigenvalue weighted by molar-refractivity contribution is -0.155. The third-order valence-corrected chi connectivity index (χ3v) is 2.63. The standard InChI is InChI=1S/C17H29NO6/c1-13(2)15(20)22-12-10-18-16(21)23-11-8-6-7-9-14(19)24-17(3,4)5/h1,6-12H2,2-5H3,(H,18,21). The highest BCUT2D eigenvalue weighted by Gasteiger charge is 2.15. The summed E-state index contributed by atoms with van der Waals surface area (Å²) in [6.45, 7) is 11.0. The van der Waals surface area contributed by atoms with E-state index in [-0.39, 0.29) is 25.7 Å². The van der Waals surface area contributed by atoms with Crippen molar-refractivity contribution in [2.45, 2.75) is 59.0 Å². The van der Waals surface area contributed by atoms with Crippen LogP contribution in [-0.4, -0.2) is 43.4 Å². The highest BCUT2D eigenvalue weighted by atomic mass is 16.6. The molecule has 0 rings (SSSR count). The van der Waals surface area contributed by atoms with Crippen LogP contribution in [0.3, 0.4) is 0 Å². The number of hydrogen-bond acceptors (Lipinski definition) is 6. The number of carbonyl (C=O) groups excluding carboxylic acids is 3. The molecule has 0 atom stereocenters. The zero-order valence-corrected chi connectivity index (χ0v) is 15.1. The maximum absolute atomic E-state index is 11.5. The number of alkyl carbamates (subject to hydrolysis) is 1. The first-order valence-electron chi connectivity index (χ1n) is 8.07. The number of rotatable bonds is 10. The van der Waals surface area contributed by atoms with E-state index in [4.69, 9.17) is 14.2 Å². The van der Waals surface area contributed by atoms with Crippen molar-refractivity contribution in [3.63, 3.8) is 0 Å². The zero-order chi connectivity index (χ0) is 18.6. The molecule has 1 N–H and O–H groups in total. The Morgan fingerprint density at radius 3 is 2.25 bits per heavy atom. The van der Waals surface area contributed by atoms with Crippen molar-refractivity contribution in [2.75, 3.05) is 19.8 Å². The van der Waals surface area contributed by atoms with Gasteiger partial charge in [-0.1, -0.05) is 6.58 Å². The Bertz CT molecular complexity index is 439. The molecule has 0 aliphatic heterocycles. The van der Waals surface area contributed by atoms with Crippen LogP contribution < -0.4 is 5.32 Å². The van der Waals surface area contributed by atoms with Gasteiger partial charge in [0.1, 0.15) is 12.2 Å². The van der Waals surface area contributed by atoms with Crippen molar-refractivity contribution in [1.82, 2.24) is 5.32 Å². The number of amides is 1. The molecule has 0 unspecified atom stereocenters. The molecule has 1 amide bonds.